The Kier molecular flexibility index (Phi) is 6.08. The highest BCUT2D eigenvalue weighted by molar-refractivity contribution is 6.21. The van der Waals surface area contributed by atoms with E-state index in [-0.39, 0.29) is 23.8 Å². The lowest BCUT2D eigenvalue weighted by molar-refractivity contribution is 0.0636. The first-order valence-electron chi connectivity index (χ1n) is 9.44. The van der Waals surface area contributed by atoms with Crippen LogP contribution in [0.4, 0.5) is 10.5 Å². The summed E-state index contributed by atoms with van der Waals surface area (Å²) in [5.41, 5.74) is 1.24. The molecule has 0 bridgehead atoms. The van der Waals surface area contributed by atoms with Crippen molar-refractivity contribution in [2.45, 2.75) is 13.8 Å². The molecular formula is C19H27N5O3. The zero-order chi connectivity index (χ0) is 19.4. The number of benzene rings is 1. The van der Waals surface area contributed by atoms with E-state index in [9.17, 15) is 14.4 Å². The molecule has 1 fully saturated rings. The van der Waals surface area contributed by atoms with Gasteiger partial charge in [0.05, 0.1) is 11.1 Å². The molecule has 2 aliphatic heterocycles. The van der Waals surface area contributed by atoms with Gasteiger partial charge < -0.3 is 16.0 Å². The van der Waals surface area contributed by atoms with Gasteiger partial charge in [0.15, 0.2) is 0 Å². The van der Waals surface area contributed by atoms with Gasteiger partial charge in [-0.25, -0.2) is 4.79 Å². The monoisotopic (exact) mass is 373 g/mol. The van der Waals surface area contributed by atoms with Crippen LogP contribution in [0.5, 0.6) is 0 Å². The van der Waals surface area contributed by atoms with Gasteiger partial charge in [-0.05, 0) is 24.1 Å². The second-order valence-corrected chi connectivity index (χ2v) is 7.35. The number of carbonyl (C=O) groups is 3. The SMILES string of the molecule is CC(C)CN1C(=O)c2ccc(NC(=O)NCCN3CCNCC3)cc2C1=O. The summed E-state index contributed by atoms with van der Waals surface area (Å²) in [6.07, 6.45) is 0. The molecule has 2 aliphatic rings. The van der Waals surface area contributed by atoms with Gasteiger partial charge in [0.2, 0.25) is 0 Å². The number of hydrogen-bond donors (Lipinski definition) is 3. The van der Waals surface area contributed by atoms with E-state index in [1.54, 1.807) is 18.2 Å². The summed E-state index contributed by atoms with van der Waals surface area (Å²) in [6.45, 7) is 9.58. The summed E-state index contributed by atoms with van der Waals surface area (Å²) in [4.78, 5) is 40.5. The second-order valence-electron chi connectivity index (χ2n) is 7.35. The number of hydrogen-bond acceptors (Lipinski definition) is 5. The molecule has 1 aromatic carbocycles. The summed E-state index contributed by atoms with van der Waals surface area (Å²) >= 11 is 0. The van der Waals surface area contributed by atoms with Gasteiger partial charge in [-0.2, -0.15) is 0 Å². The summed E-state index contributed by atoms with van der Waals surface area (Å²) in [6, 6.07) is 4.51. The van der Waals surface area contributed by atoms with E-state index >= 15 is 0 Å². The van der Waals surface area contributed by atoms with Gasteiger partial charge in [0.25, 0.3) is 11.8 Å². The Morgan fingerprint density at radius 1 is 1.15 bits per heavy atom. The molecule has 0 saturated carbocycles. The van der Waals surface area contributed by atoms with Crippen LogP contribution in [0.3, 0.4) is 0 Å². The first kappa shape index (κ1) is 19.3. The van der Waals surface area contributed by atoms with Gasteiger partial charge in [-0.15, -0.1) is 0 Å². The van der Waals surface area contributed by atoms with Crippen molar-refractivity contribution in [3.63, 3.8) is 0 Å². The average Bonchev–Trinajstić information content (AvgIpc) is 2.87. The van der Waals surface area contributed by atoms with E-state index in [1.165, 1.54) is 4.90 Å². The standard InChI is InChI=1S/C19H27N5O3/c1-13(2)12-24-17(25)15-4-3-14(11-16(15)18(24)26)22-19(27)21-7-10-23-8-5-20-6-9-23/h3-4,11,13,20H,5-10,12H2,1-2H3,(H2,21,22,27). The molecule has 8 heteroatoms. The third-order valence-electron chi connectivity index (χ3n) is 4.70. The number of nitrogens with zero attached hydrogens (tertiary/aromatic N) is 2. The molecule has 0 aromatic heterocycles. The lowest BCUT2D eigenvalue weighted by Gasteiger charge is -2.27. The van der Waals surface area contributed by atoms with Crippen molar-refractivity contribution in [2.24, 2.45) is 5.92 Å². The number of anilines is 1. The van der Waals surface area contributed by atoms with Crippen molar-refractivity contribution in [1.29, 1.82) is 0 Å². The van der Waals surface area contributed by atoms with Crippen LogP contribution in [0.15, 0.2) is 18.2 Å². The van der Waals surface area contributed by atoms with Crippen molar-refractivity contribution in [3.05, 3.63) is 29.3 Å². The molecule has 0 unspecified atom stereocenters. The highest BCUT2D eigenvalue weighted by Gasteiger charge is 2.35. The van der Waals surface area contributed by atoms with Crippen LogP contribution in [-0.4, -0.2) is 73.5 Å². The van der Waals surface area contributed by atoms with Crippen molar-refractivity contribution in [3.8, 4) is 0 Å². The van der Waals surface area contributed by atoms with E-state index in [0.29, 0.717) is 29.9 Å². The zero-order valence-corrected chi connectivity index (χ0v) is 15.9. The molecule has 2 heterocycles. The third-order valence-corrected chi connectivity index (χ3v) is 4.70. The lowest BCUT2D eigenvalue weighted by atomic mass is 10.1. The molecule has 3 N–H and O–H groups in total. The molecule has 0 spiro atoms. The molecule has 4 amide bonds. The Morgan fingerprint density at radius 3 is 2.56 bits per heavy atom. The minimum atomic E-state index is -0.319. The first-order chi connectivity index (χ1) is 13.0. The number of fused-ring (bicyclic) bond motifs is 1. The maximum atomic E-state index is 12.5. The van der Waals surface area contributed by atoms with Crippen molar-refractivity contribution in [1.82, 2.24) is 20.4 Å². The Labute approximate surface area is 159 Å². The molecule has 0 aliphatic carbocycles. The number of urea groups is 1. The van der Waals surface area contributed by atoms with Gasteiger partial charge in [-0.3, -0.25) is 19.4 Å². The topological polar surface area (TPSA) is 93.8 Å². The van der Waals surface area contributed by atoms with Crippen LogP contribution < -0.4 is 16.0 Å². The summed E-state index contributed by atoms with van der Waals surface area (Å²) < 4.78 is 0. The van der Waals surface area contributed by atoms with E-state index in [4.69, 9.17) is 0 Å². The average molecular weight is 373 g/mol. The van der Waals surface area contributed by atoms with Gasteiger partial charge in [-0.1, -0.05) is 13.8 Å². The van der Waals surface area contributed by atoms with E-state index < -0.39 is 0 Å². The van der Waals surface area contributed by atoms with Gasteiger partial charge in [0.1, 0.15) is 0 Å². The quantitative estimate of drug-likeness (QED) is 0.646. The number of rotatable bonds is 6. The Bertz CT molecular complexity index is 728. The highest BCUT2D eigenvalue weighted by Crippen LogP contribution is 2.26. The third kappa shape index (κ3) is 4.64. The summed E-state index contributed by atoms with van der Waals surface area (Å²) in [5, 5.41) is 8.85. The first-order valence-corrected chi connectivity index (χ1v) is 9.44. The predicted octanol–water partition coefficient (Wildman–Crippen LogP) is 0.965. The molecule has 1 aromatic rings. The van der Waals surface area contributed by atoms with Crippen molar-refractivity contribution < 1.29 is 14.4 Å². The second kappa shape index (κ2) is 8.49. The number of nitrogens with one attached hydrogen (secondary N) is 3. The van der Waals surface area contributed by atoms with Gasteiger partial charge >= 0.3 is 6.03 Å². The number of imide groups is 1. The van der Waals surface area contributed by atoms with Crippen LogP contribution in [0.25, 0.3) is 0 Å². The van der Waals surface area contributed by atoms with Crippen LogP contribution in [0.1, 0.15) is 34.6 Å². The van der Waals surface area contributed by atoms with Crippen molar-refractivity contribution in [2.75, 3.05) is 51.1 Å². The Hall–Kier alpha value is -2.45. The smallest absolute Gasteiger partial charge is 0.319 e. The number of carbonyl (C=O) groups excluding carboxylic acids is 3. The van der Waals surface area contributed by atoms with E-state index in [1.807, 2.05) is 13.8 Å². The van der Waals surface area contributed by atoms with Crippen LogP contribution in [0.2, 0.25) is 0 Å². The molecule has 8 nitrogen and oxygen atoms in total. The predicted molar refractivity (Wildman–Crippen MR) is 103 cm³/mol. The minimum Gasteiger partial charge on any atom is -0.337 e. The van der Waals surface area contributed by atoms with E-state index in [2.05, 4.69) is 20.9 Å². The maximum absolute atomic E-state index is 12.5. The fourth-order valence-corrected chi connectivity index (χ4v) is 3.34. The summed E-state index contributed by atoms with van der Waals surface area (Å²) in [7, 11) is 0. The number of piperazine rings is 1. The van der Waals surface area contributed by atoms with Crippen LogP contribution >= 0.6 is 0 Å². The van der Waals surface area contributed by atoms with Gasteiger partial charge in [0, 0.05) is 51.5 Å². The molecular weight excluding hydrogens is 346 g/mol. The minimum absolute atomic E-state index is 0.200. The Morgan fingerprint density at radius 2 is 1.85 bits per heavy atom. The summed E-state index contributed by atoms with van der Waals surface area (Å²) in [5.74, 6) is -0.367. The fraction of sp³-hybridized carbons (Fsp3) is 0.526. The van der Waals surface area contributed by atoms with Crippen molar-refractivity contribution >= 4 is 23.5 Å². The largest absolute Gasteiger partial charge is 0.337 e. The highest BCUT2D eigenvalue weighted by atomic mass is 16.2. The normalized spacial score (nSPS) is 17.4. The molecule has 3 rings (SSSR count). The fourth-order valence-electron chi connectivity index (χ4n) is 3.34. The molecule has 1 saturated heterocycles. The number of amides is 4. The van der Waals surface area contributed by atoms with E-state index in [0.717, 1.165) is 32.7 Å². The molecule has 0 radical (unpaired) electrons. The lowest BCUT2D eigenvalue weighted by Crippen LogP contribution is -2.46. The van der Waals surface area contributed by atoms with Crippen LogP contribution in [-0.2, 0) is 0 Å². The molecule has 146 valence electrons. The Balaban J connectivity index is 1.55. The zero-order valence-electron chi connectivity index (χ0n) is 15.9. The van der Waals surface area contributed by atoms with Crippen LogP contribution in [0, 0.1) is 5.92 Å². The molecule has 27 heavy (non-hydrogen) atoms. The maximum Gasteiger partial charge on any atom is 0.319 e. The molecule has 0 atom stereocenters.